The fourth-order valence-corrected chi connectivity index (χ4v) is 2.69. The highest BCUT2D eigenvalue weighted by Crippen LogP contribution is 2.41. The minimum atomic E-state index is -1.23. The number of hydrogen-bond donors (Lipinski definition) is 1. The Morgan fingerprint density at radius 1 is 1.14 bits per heavy atom. The lowest BCUT2D eigenvalue weighted by Gasteiger charge is -2.13. The Hall–Kier alpha value is -1.82. The van der Waals surface area contributed by atoms with E-state index < -0.39 is 17.5 Å². The van der Waals surface area contributed by atoms with Gasteiger partial charge >= 0.3 is 0 Å². The third-order valence-electron chi connectivity index (χ3n) is 3.62. The van der Waals surface area contributed by atoms with E-state index in [1.54, 1.807) is 6.07 Å². The van der Waals surface area contributed by atoms with Crippen molar-refractivity contribution in [1.82, 2.24) is 0 Å². The van der Waals surface area contributed by atoms with Crippen LogP contribution >= 0.6 is 15.9 Å². The lowest BCUT2D eigenvalue weighted by molar-refractivity contribution is 0.112. The molecule has 3 rings (SSSR count). The van der Waals surface area contributed by atoms with Gasteiger partial charge in [-0.3, -0.25) is 4.79 Å². The lowest BCUT2D eigenvalue weighted by Crippen LogP contribution is -2.04. The van der Waals surface area contributed by atoms with E-state index in [2.05, 4.69) is 21.2 Å². The fraction of sp³-hybridized carbons (Fsp3) is 0.188. The SMILES string of the molecule is O=Cc1cc(Br)c(F)c(F)c1Nc1ccc(C2CC2)cc1F. The van der Waals surface area contributed by atoms with Crippen LogP contribution in [-0.2, 0) is 0 Å². The number of aldehydes is 1. The highest BCUT2D eigenvalue weighted by molar-refractivity contribution is 9.10. The van der Waals surface area contributed by atoms with Gasteiger partial charge in [0.15, 0.2) is 17.9 Å². The fourth-order valence-electron chi connectivity index (χ4n) is 2.27. The third-order valence-corrected chi connectivity index (χ3v) is 4.20. The van der Waals surface area contributed by atoms with Crippen LogP contribution in [0, 0.1) is 17.5 Å². The number of carbonyl (C=O) groups is 1. The number of nitrogens with one attached hydrogen (secondary N) is 1. The van der Waals surface area contributed by atoms with Crippen LogP contribution in [-0.4, -0.2) is 6.29 Å². The highest BCUT2D eigenvalue weighted by Gasteiger charge is 2.24. The summed E-state index contributed by atoms with van der Waals surface area (Å²) in [5.41, 5.74) is 0.402. The maximum atomic E-state index is 14.1. The molecule has 0 atom stereocenters. The van der Waals surface area contributed by atoms with Gasteiger partial charge in [-0.15, -0.1) is 0 Å². The van der Waals surface area contributed by atoms with Gasteiger partial charge in [0.2, 0.25) is 0 Å². The smallest absolute Gasteiger partial charge is 0.184 e. The van der Waals surface area contributed by atoms with E-state index in [1.807, 2.05) is 0 Å². The summed E-state index contributed by atoms with van der Waals surface area (Å²) in [5.74, 6) is -2.55. The quantitative estimate of drug-likeness (QED) is 0.585. The Morgan fingerprint density at radius 3 is 2.45 bits per heavy atom. The second-order valence-electron chi connectivity index (χ2n) is 5.21. The van der Waals surface area contributed by atoms with Gasteiger partial charge in [0.05, 0.1) is 15.8 Å². The number of rotatable bonds is 4. The molecule has 2 aromatic rings. The minimum absolute atomic E-state index is 0.00637. The topological polar surface area (TPSA) is 29.1 Å². The van der Waals surface area contributed by atoms with Crippen molar-refractivity contribution in [3.63, 3.8) is 0 Å². The molecule has 0 saturated heterocycles. The van der Waals surface area contributed by atoms with E-state index >= 15 is 0 Å². The van der Waals surface area contributed by atoms with Crippen LogP contribution in [0.4, 0.5) is 24.5 Å². The summed E-state index contributed by atoms with van der Waals surface area (Å²) >= 11 is 2.83. The van der Waals surface area contributed by atoms with E-state index in [1.165, 1.54) is 12.1 Å². The predicted molar refractivity (Wildman–Crippen MR) is 81.1 cm³/mol. The second kappa shape index (κ2) is 5.76. The van der Waals surface area contributed by atoms with Crippen molar-refractivity contribution in [1.29, 1.82) is 0 Å². The summed E-state index contributed by atoms with van der Waals surface area (Å²) in [6, 6.07) is 5.74. The highest BCUT2D eigenvalue weighted by atomic mass is 79.9. The summed E-state index contributed by atoms with van der Waals surface area (Å²) in [6.07, 6.45) is 2.45. The van der Waals surface area contributed by atoms with Gasteiger partial charge in [0.25, 0.3) is 0 Å². The first-order valence-electron chi connectivity index (χ1n) is 6.70. The van der Waals surface area contributed by atoms with E-state index in [9.17, 15) is 18.0 Å². The summed E-state index contributed by atoms with van der Waals surface area (Å²) < 4.78 is 41.5. The van der Waals surface area contributed by atoms with Crippen molar-refractivity contribution < 1.29 is 18.0 Å². The number of halogens is 4. The summed E-state index contributed by atoms with van der Waals surface area (Å²) in [5, 5.41) is 2.47. The van der Waals surface area contributed by atoms with Crippen LogP contribution in [0.25, 0.3) is 0 Å². The first-order valence-corrected chi connectivity index (χ1v) is 7.49. The third kappa shape index (κ3) is 2.75. The molecule has 0 unspecified atom stereocenters. The molecule has 114 valence electrons. The van der Waals surface area contributed by atoms with E-state index in [0.717, 1.165) is 24.5 Å². The van der Waals surface area contributed by atoms with Gasteiger partial charge < -0.3 is 5.32 Å². The normalized spacial score (nSPS) is 14.0. The van der Waals surface area contributed by atoms with Crippen LogP contribution in [0.15, 0.2) is 28.7 Å². The van der Waals surface area contributed by atoms with E-state index in [0.29, 0.717) is 12.2 Å². The zero-order valence-electron chi connectivity index (χ0n) is 11.3. The number of benzene rings is 2. The van der Waals surface area contributed by atoms with Crippen molar-refractivity contribution in [3.8, 4) is 0 Å². The van der Waals surface area contributed by atoms with Crippen LogP contribution in [0.2, 0.25) is 0 Å². The van der Waals surface area contributed by atoms with Crippen LogP contribution in [0.3, 0.4) is 0 Å². The lowest BCUT2D eigenvalue weighted by atomic mass is 10.1. The van der Waals surface area contributed by atoms with Crippen molar-refractivity contribution in [3.05, 3.63) is 57.3 Å². The first kappa shape index (κ1) is 15.1. The summed E-state index contributed by atoms with van der Waals surface area (Å²) in [7, 11) is 0. The molecular weight excluding hydrogens is 359 g/mol. The number of hydrogen-bond acceptors (Lipinski definition) is 2. The molecule has 0 bridgehead atoms. The standard InChI is InChI=1S/C16H11BrF3NO/c17-11-5-10(7-22)16(15(20)14(11)19)21-13-4-3-9(6-12(13)18)8-1-2-8/h3-8,21H,1-2H2. The Morgan fingerprint density at radius 2 is 1.86 bits per heavy atom. The second-order valence-corrected chi connectivity index (χ2v) is 6.06. The first-order chi connectivity index (χ1) is 10.5. The zero-order chi connectivity index (χ0) is 15.9. The molecule has 1 saturated carbocycles. The maximum absolute atomic E-state index is 14.1. The van der Waals surface area contributed by atoms with Crippen molar-refractivity contribution >= 4 is 33.6 Å². The Bertz CT molecular complexity index is 760. The molecule has 6 heteroatoms. The number of anilines is 2. The molecule has 0 aromatic heterocycles. The van der Waals surface area contributed by atoms with Crippen LogP contribution in [0.1, 0.15) is 34.7 Å². The molecule has 0 spiro atoms. The van der Waals surface area contributed by atoms with E-state index in [4.69, 9.17) is 0 Å². The van der Waals surface area contributed by atoms with Crippen molar-refractivity contribution in [2.45, 2.75) is 18.8 Å². The van der Waals surface area contributed by atoms with Gasteiger partial charge in [-0.25, -0.2) is 13.2 Å². The Labute approximate surface area is 133 Å². The molecule has 2 nitrogen and oxygen atoms in total. The van der Waals surface area contributed by atoms with Gasteiger partial charge in [-0.2, -0.15) is 0 Å². The maximum Gasteiger partial charge on any atom is 0.184 e. The molecular formula is C16H11BrF3NO. The van der Waals surface area contributed by atoms with Crippen LogP contribution in [0.5, 0.6) is 0 Å². The molecule has 1 N–H and O–H groups in total. The average molecular weight is 370 g/mol. The van der Waals surface area contributed by atoms with Crippen molar-refractivity contribution in [2.24, 2.45) is 0 Å². The number of carbonyl (C=O) groups excluding carboxylic acids is 1. The molecule has 1 aliphatic carbocycles. The molecule has 0 heterocycles. The minimum Gasteiger partial charge on any atom is -0.350 e. The summed E-state index contributed by atoms with van der Waals surface area (Å²) in [4.78, 5) is 11.0. The molecule has 0 aliphatic heterocycles. The van der Waals surface area contributed by atoms with E-state index in [-0.39, 0.29) is 21.4 Å². The predicted octanol–water partition coefficient (Wildman–Crippen LogP) is 5.30. The Kier molecular flexibility index (Phi) is 3.95. The average Bonchev–Trinajstić information content (AvgIpc) is 3.33. The molecule has 0 amide bonds. The van der Waals surface area contributed by atoms with Gasteiger partial charge in [-0.05, 0) is 58.5 Å². The molecule has 1 aliphatic rings. The molecule has 1 fully saturated rings. The molecule has 22 heavy (non-hydrogen) atoms. The van der Waals surface area contributed by atoms with Gasteiger partial charge in [0.1, 0.15) is 5.82 Å². The summed E-state index contributed by atoms with van der Waals surface area (Å²) in [6.45, 7) is 0. The molecule has 2 aromatic carbocycles. The molecule has 0 radical (unpaired) electrons. The van der Waals surface area contributed by atoms with Gasteiger partial charge in [-0.1, -0.05) is 6.07 Å². The Balaban J connectivity index is 1.99. The zero-order valence-corrected chi connectivity index (χ0v) is 12.9. The largest absolute Gasteiger partial charge is 0.350 e. The van der Waals surface area contributed by atoms with Crippen LogP contribution < -0.4 is 5.32 Å². The van der Waals surface area contributed by atoms with Crippen molar-refractivity contribution in [2.75, 3.05) is 5.32 Å². The van der Waals surface area contributed by atoms with Gasteiger partial charge in [0, 0.05) is 5.56 Å². The monoisotopic (exact) mass is 369 g/mol.